The normalized spacial score (nSPS) is 21.6. The lowest BCUT2D eigenvalue weighted by Gasteiger charge is -2.07. The van der Waals surface area contributed by atoms with E-state index >= 15 is 0 Å². The van der Waals surface area contributed by atoms with Crippen molar-refractivity contribution in [3.8, 4) is 0 Å². The molecule has 1 saturated carbocycles. The highest BCUT2D eigenvalue weighted by atomic mass is 32.1. The van der Waals surface area contributed by atoms with Crippen LogP contribution in [0.5, 0.6) is 0 Å². The van der Waals surface area contributed by atoms with E-state index in [1.54, 1.807) is 16.0 Å². The van der Waals surface area contributed by atoms with Crippen molar-refractivity contribution in [3.05, 3.63) is 34.0 Å². The van der Waals surface area contributed by atoms with Gasteiger partial charge in [-0.3, -0.25) is 9.48 Å². The van der Waals surface area contributed by atoms with E-state index < -0.39 is 0 Å². The molecule has 0 spiro atoms. The van der Waals surface area contributed by atoms with E-state index in [1.165, 1.54) is 18.4 Å². The first-order valence-corrected chi connectivity index (χ1v) is 9.92. The van der Waals surface area contributed by atoms with Crippen molar-refractivity contribution >= 4 is 28.2 Å². The smallest absolute Gasteiger partial charge is 0.341 e. The first-order chi connectivity index (χ1) is 12.6. The molecule has 6 nitrogen and oxygen atoms in total. The molecule has 1 N–H and O–H groups in total. The van der Waals surface area contributed by atoms with E-state index in [4.69, 9.17) is 4.74 Å². The maximum atomic E-state index is 12.7. The van der Waals surface area contributed by atoms with E-state index in [9.17, 15) is 9.59 Å². The number of carbonyl (C=O) groups excluding carboxylic acids is 2. The molecule has 2 aliphatic rings. The van der Waals surface area contributed by atoms with Gasteiger partial charge in [0.25, 0.3) is 0 Å². The van der Waals surface area contributed by atoms with Gasteiger partial charge in [0.15, 0.2) is 0 Å². The number of nitrogens with zero attached hydrogens (tertiary/aromatic N) is 2. The van der Waals surface area contributed by atoms with E-state index in [-0.39, 0.29) is 23.7 Å². The Hall–Kier alpha value is -2.15. The number of hydrogen-bond donors (Lipinski definition) is 1. The predicted molar refractivity (Wildman–Crippen MR) is 99.6 cm³/mol. The molecule has 2 heterocycles. The van der Waals surface area contributed by atoms with Gasteiger partial charge in [-0.05, 0) is 49.1 Å². The lowest BCUT2D eigenvalue weighted by molar-refractivity contribution is -0.117. The quantitative estimate of drug-likeness (QED) is 0.659. The van der Waals surface area contributed by atoms with E-state index in [0.717, 1.165) is 43.2 Å². The Morgan fingerprint density at radius 3 is 2.85 bits per heavy atom. The van der Waals surface area contributed by atoms with Crippen molar-refractivity contribution < 1.29 is 14.3 Å². The average Bonchev–Trinajstić information content (AvgIpc) is 3.28. The summed E-state index contributed by atoms with van der Waals surface area (Å²) in [4.78, 5) is 26.3. The Kier molecular flexibility index (Phi) is 4.56. The number of anilines is 1. The number of esters is 1. The molecular formula is C19H23N3O3S. The second kappa shape index (κ2) is 6.87. The van der Waals surface area contributed by atoms with Crippen molar-refractivity contribution in [2.45, 2.75) is 44.4 Å². The lowest BCUT2D eigenvalue weighted by Crippen LogP contribution is -2.16. The summed E-state index contributed by atoms with van der Waals surface area (Å²) in [6.45, 7) is 0. The van der Waals surface area contributed by atoms with Gasteiger partial charge in [-0.2, -0.15) is 5.10 Å². The van der Waals surface area contributed by atoms with Gasteiger partial charge in [0.2, 0.25) is 5.91 Å². The van der Waals surface area contributed by atoms with Crippen molar-refractivity contribution in [1.29, 1.82) is 0 Å². The summed E-state index contributed by atoms with van der Waals surface area (Å²) in [7, 11) is 3.27. The van der Waals surface area contributed by atoms with Gasteiger partial charge in [0.05, 0.1) is 18.9 Å². The average molecular weight is 373 g/mol. The van der Waals surface area contributed by atoms with Gasteiger partial charge in [-0.25, -0.2) is 4.79 Å². The lowest BCUT2D eigenvalue weighted by atomic mass is 10.1. The molecule has 26 heavy (non-hydrogen) atoms. The van der Waals surface area contributed by atoms with Gasteiger partial charge < -0.3 is 10.1 Å². The molecule has 0 aromatic carbocycles. The molecule has 0 saturated heterocycles. The van der Waals surface area contributed by atoms with E-state index in [2.05, 4.69) is 10.4 Å². The minimum absolute atomic E-state index is 0.0135. The number of hydrogen-bond acceptors (Lipinski definition) is 5. The number of aryl methyl sites for hydroxylation is 2. The minimum atomic E-state index is -0.348. The molecule has 2 atom stereocenters. The summed E-state index contributed by atoms with van der Waals surface area (Å²) in [5.74, 6) is -0.186. The second-order valence-electron chi connectivity index (χ2n) is 7.15. The summed E-state index contributed by atoms with van der Waals surface area (Å²) >= 11 is 1.54. The minimum Gasteiger partial charge on any atom is -0.465 e. The summed E-state index contributed by atoms with van der Waals surface area (Å²) in [6, 6.07) is 0. The Balaban J connectivity index is 1.54. The SMILES string of the molecule is COC(=O)c1c(NC(=O)[C@H]2C[C@@H]2c2cnn(C)c2)sc2c1CCCCC2. The summed E-state index contributed by atoms with van der Waals surface area (Å²) in [5.41, 5.74) is 2.75. The predicted octanol–water partition coefficient (Wildman–Crippen LogP) is 3.28. The molecule has 2 aliphatic carbocycles. The van der Waals surface area contributed by atoms with Gasteiger partial charge in [0, 0.05) is 24.0 Å². The number of methoxy groups -OCH3 is 1. The van der Waals surface area contributed by atoms with E-state index in [1.807, 2.05) is 19.4 Å². The van der Waals surface area contributed by atoms with Crippen LogP contribution in [0.4, 0.5) is 5.00 Å². The molecule has 7 heteroatoms. The molecule has 138 valence electrons. The molecular weight excluding hydrogens is 350 g/mol. The number of carbonyl (C=O) groups is 2. The molecule has 0 unspecified atom stereocenters. The molecule has 1 amide bonds. The molecule has 0 bridgehead atoms. The van der Waals surface area contributed by atoms with Crippen molar-refractivity contribution in [3.63, 3.8) is 0 Å². The molecule has 2 aromatic rings. The van der Waals surface area contributed by atoms with E-state index in [0.29, 0.717) is 10.6 Å². The third-order valence-corrected chi connectivity index (χ3v) is 6.53. The largest absolute Gasteiger partial charge is 0.465 e. The number of aromatic nitrogens is 2. The Labute approximate surface area is 156 Å². The maximum absolute atomic E-state index is 12.7. The zero-order chi connectivity index (χ0) is 18.3. The number of rotatable bonds is 4. The highest BCUT2D eigenvalue weighted by Crippen LogP contribution is 2.48. The van der Waals surface area contributed by atoms with Crippen LogP contribution < -0.4 is 5.32 Å². The van der Waals surface area contributed by atoms with Gasteiger partial charge in [-0.1, -0.05) is 6.42 Å². The molecule has 0 aliphatic heterocycles. The fourth-order valence-electron chi connectivity index (χ4n) is 3.84. The number of ether oxygens (including phenoxy) is 1. The van der Waals surface area contributed by atoms with Crippen LogP contribution in [0.1, 0.15) is 58.0 Å². The molecule has 2 aromatic heterocycles. The Morgan fingerprint density at radius 2 is 2.12 bits per heavy atom. The fourth-order valence-corrected chi connectivity index (χ4v) is 5.12. The Morgan fingerprint density at radius 1 is 1.31 bits per heavy atom. The third-order valence-electron chi connectivity index (χ3n) is 5.33. The van der Waals surface area contributed by atoms with Crippen LogP contribution >= 0.6 is 11.3 Å². The highest BCUT2D eigenvalue weighted by Gasteiger charge is 2.45. The van der Waals surface area contributed by atoms with Gasteiger partial charge in [0.1, 0.15) is 5.00 Å². The van der Waals surface area contributed by atoms with Crippen LogP contribution in [0.15, 0.2) is 12.4 Å². The summed E-state index contributed by atoms with van der Waals surface area (Å²) in [6.07, 6.45) is 9.86. The first-order valence-electron chi connectivity index (χ1n) is 9.10. The van der Waals surface area contributed by atoms with Crippen molar-refractivity contribution in [1.82, 2.24) is 9.78 Å². The topological polar surface area (TPSA) is 73.2 Å². The standard InChI is InChI=1S/C19H23N3O3S/c1-22-10-11(9-20-22)13-8-14(13)17(23)21-18-16(19(24)25-2)12-6-4-3-5-7-15(12)26-18/h9-10,13-14H,3-8H2,1-2H3,(H,21,23)/t13-,14+/m1/s1. The fraction of sp³-hybridized carbons (Fsp3) is 0.526. The molecule has 1 fully saturated rings. The second-order valence-corrected chi connectivity index (χ2v) is 8.25. The maximum Gasteiger partial charge on any atom is 0.341 e. The van der Waals surface area contributed by atoms with Crippen LogP contribution in [-0.4, -0.2) is 28.8 Å². The zero-order valence-corrected chi connectivity index (χ0v) is 15.9. The van der Waals surface area contributed by atoms with Crippen molar-refractivity contribution in [2.24, 2.45) is 13.0 Å². The van der Waals surface area contributed by atoms with Crippen LogP contribution in [-0.2, 0) is 29.4 Å². The van der Waals surface area contributed by atoms with Crippen LogP contribution in [0.25, 0.3) is 0 Å². The summed E-state index contributed by atoms with van der Waals surface area (Å²) < 4.78 is 6.76. The van der Waals surface area contributed by atoms with Crippen LogP contribution in [0, 0.1) is 5.92 Å². The first kappa shape index (κ1) is 17.3. The molecule has 0 radical (unpaired) electrons. The van der Waals surface area contributed by atoms with Crippen LogP contribution in [0.3, 0.4) is 0 Å². The number of fused-ring (bicyclic) bond motifs is 1. The highest BCUT2D eigenvalue weighted by molar-refractivity contribution is 7.17. The monoisotopic (exact) mass is 373 g/mol. The third kappa shape index (κ3) is 3.16. The zero-order valence-electron chi connectivity index (χ0n) is 15.1. The Bertz CT molecular complexity index is 854. The van der Waals surface area contributed by atoms with Crippen molar-refractivity contribution in [2.75, 3.05) is 12.4 Å². The van der Waals surface area contributed by atoms with Crippen LogP contribution in [0.2, 0.25) is 0 Å². The van der Waals surface area contributed by atoms with Gasteiger partial charge in [-0.15, -0.1) is 11.3 Å². The summed E-state index contributed by atoms with van der Waals surface area (Å²) in [5, 5.41) is 7.86. The number of nitrogens with one attached hydrogen (secondary N) is 1. The molecule has 4 rings (SSSR count). The number of amides is 1. The van der Waals surface area contributed by atoms with Gasteiger partial charge >= 0.3 is 5.97 Å². The number of thiophene rings is 1.